The van der Waals surface area contributed by atoms with E-state index in [2.05, 4.69) is 96.8 Å². The van der Waals surface area contributed by atoms with E-state index >= 15 is 0 Å². The molecule has 2 aromatic rings. The van der Waals surface area contributed by atoms with Crippen molar-refractivity contribution in [3.8, 4) is 11.3 Å². The van der Waals surface area contributed by atoms with Gasteiger partial charge in [-0.1, -0.05) is 31.9 Å². The minimum atomic E-state index is 0.922. The van der Waals surface area contributed by atoms with Gasteiger partial charge in [0.1, 0.15) is 0 Å². The van der Waals surface area contributed by atoms with Crippen molar-refractivity contribution in [2.75, 3.05) is 0 Å². The van der Waals surface area contributed by atoms with Crippen molar-refractivity contribution in [3.05, 3.63) is 40.7 Å². The van der Waals surface area contributed by atoms with Gasteiger partial charge in [0.15, 0.2) is 0 Å². The van der Waals surface area contributed by atoms with Crippen LogP contribution in [-0.2, 0) is 0 Å². The Labute approximate surface area is 135 Å². The molecule has 2 rings (SSSR count). The van der Waals surface area contributed by atoms with Crippen LogP contribution in [0.25, 0.3) is 11.3 Å². The van der Waals surface area contributed by atoms with Crippen molar-refractivity contribution in [1.82, 2.24) is 4.98 Å². The monoisotopic (exact) mass is 533 g/mol. The van der Waals surface area contributed by atoms with Crippen molar-refractivity contribution in [2.45, 2.75) is 0 Å². The summed E-state index contributed by atoms with van der Waals surface area (Å²) < 4.78 is 4.98. The average Bonchev–Trinajstić information content (AvgIpc) is 2.44. The van der Waals surface area contributed by atoms with Crippen molar-refractivity contribution in [1.29, 1.82) is 0 Å². The molecule has 0 unspecified atom stereocenters. The van der Waals surface area contributed by atoms with E-state index in [1.165, 1.54) is 0 Å². The van der Waals surface area contributed by atoms with E-state index in [0.29, 0.717) is 0 Å². The first-order chi connectivity index (χ1) is 7.49. The maximum absolute atomic E-state index is 3.55. The minimum absolute atomic E-state index is 0.922. The standard InChI is InChI=1S/C10H4Br5N/c11-5-1-4(2-6(12)3-5)9-7(13)8(14)10(15)16-9/h1-3,16H. The zero-order valence-corrected chi connectivity index (χ0v) is 15.6. The van der Waals surface area contributed by atoms with Crippen LogP contribution in [0, 0.1) is 0 Å². The highest BCUT2D eigenvalue weighted by molar-refractivity contribution is 9.14. The van der Waals surface area contributed by atoms with Gasteiger partial charge in [-0.05, 0) is 66.0 Å². The van der Waals surface area contributed by atoms with E-state index in [1.807, 2.05) is 6.07 Å². The number of aromatic amines is 1. The maximum atomic E-state index is 3.55. The minimum Gasteiger partial charge on any atom is -0.347 e. The highest BCUT2D eigenvalue weighted by Crippen LogP contribution is 2.40. The lowest BCUT2D eigenvalue weighted by Gasteiger charge is -2.02. The molecular weight excluding hydrogens is 534 g/mol. The second-order valence-electron chi connectivity index (χ2n) is 3.10. The van der Waals surface area contributed by atoms with Crippen molar-refractivity contribution in [2.24, 2.45) is 0 Å². The lowest BCUT2D eigenvalue weighted by molar-refractivity contribution is 1.34. The molecule has 0 radical (unpaired) electrons. The van der Waals surface area contributed by atoms with Crippen LogP contribution in [-0.4, -0.2) is 4.98 Å². The Morgan fingerprint density at radius 2 is 1.31 bits per heavy atom. The summed E-state index contributed by atoms with van der Waals surface area (Å²) in [6, 6.07) is 6.12. The fraction of sp³-hybridized carbons (Fsp3) is 0. The molecule has 6 heteroatoms. The smallest absolute Gasteiger partial charge is 0.0980 e. The molecule has 1 heterocycles. The highest BCUT2D eigenvalue weighted by atomic mass is 79.9. The fourth-order valence-corrected chi connectivity index (χ4v) is 4.10. The van der Waals surface area contributed by atoms with Crippen molar-refractivity contribution >= 4 is 79.6 Å². The van der Waals surface area contributed by atoms with Gasteiger partial charge in [-0.15, -0.1) is 0 Å². The third kappa shape index (κ3) is 2.66. The number of hydrogen-bond acceptors (Lipinski definition) is 0. The number of hydrogen-bond donors (Lipinski definition) is 1. The molecule has 0 saturated heterocycles. The normalized spacial score (nSPS) is 10.8. The van der Waals surface area contributed by atoms with Gasteiger partial charge in [0.05, 0.1) is 19.2 Å². The summed E-state index contributed by atoms with van der Waals surface area (Å²) in [5, 5.41) is 0. The zero-order chi connectivity index (χ0) is 11.9. The number of H-pyrrole nitrogens is 1. The number of nitrogens with one attached hydrogen (secondary N) is 1. The van der Waals surface area contributed by atoms with Crippen LogP contribution < -0.4 is 0 Å². The fourth-order valence-electron chi connectivity index (χ4n) is 1.32. The van der Waals surface area contributed by atoms with Gasteiger partial charge in [0.25, 0.3) is 0 Å². The molecule has 0 aliphatic carbocycles. The van der Waals surface area contributed by atoms with Crippen molar-refractivity contribution < 1.29 is 0 Å². The zero-order valence-electron chi connectivity index (χ0n) is 7.62. The summed E-state index contributed by atoms with van der Waals surface area (Å²) in [5.74, 6) is 0. The third-order valence-corrected chi connectivity index (χ3v) is 6.15. The number of halogens is 5. The molecule has 84 valence electrons. The van der Waals surface area contributed by atoms with Gasteiger partial charge in [0.2, 0.25) is 0 Å². The van der Waals surface area contributed by atoms with Crippen LogP contribution in [0.5, 0.6) is 0 Å². The Morgan fingerprint density at radius 3 is 1.75 bits per heavy atom. The Morgan fingerprint density at radius 1 is 0.750 bits per heavy atom. The topological polar surface area (TPSA) is 15.8 Å². The summed E-state index contributed by atoms with van der Waals surface area (Å²) >= 11 is 17.4. The summed E-state index contributed by atoms with van der Waals surface area (Å²) in [6.07, 6.45) is 0. The van der Waals surface area contributed by atoms with E-state index in [9.17, 15) is 0 Å². The van der Waals surface area contributed by atoms with Gasteiger partial charge in [-0.3, -0.25) is 0 Å². The van der Waals surface area contributed by atoms with Crippen LogP contribution in [0.15, 0.2) is 40.7 Å². The average molecular weight is 538 g/mol. The largest absolute Gasteiger partial charge is 0.347 e. The van der Waals surface area contributed by atoms with Gasteiger partial charge in [-0.25, -0.2) is 0 Å². The molecule has 1 N–H and O–H groups in total. The first-order valence-electron chi connectivity index (χ1n) is 4.18. The van der Waals surface area contributed by atoms with E-state index < -0.39 is 0 Å². The van der Waals surface area contributed by atoms with Crippen molar-refractivity contribution in [3.63, 3.8) is 0 Å². The Hall–Kier alpha value is 0.900. The summed E-state index contributed by atoms with van der Waals surface area (Å²) in [6.45, 7) is 0. The predicted molar refractivity (Wildman–Crippen MR) is 84.7 cm³/mol. The lowest BCUT2D eigenvalue weighted by atomic mass is 10.2. The maximum Gasteiger partial charge on any atom is 0.0980 e. The number of rotatable bonds is 1. The van der Waals surface area contributed by atoms with Crippen LogP contribution in [0.2, 0.25) is 0 Å². The van der Waals surface area contributed by atoms with E-state index in [1.54, 1.807) is 0 Å². The van der Waals surface area contributed by atoms with E-state index in [0.717, 1.165) is 33.8 Å². The van der Waals surface area contributed by atoms with Gasteiger partial charge in [-0.2, -0.15) is 0 Å². The van der Waals surface area contributed by atoms with Crippen LogP contribution >= 0.6 is 79.6 Å². The van der Waals surface area contributed by atoms with Crippen LogP contribution in [0.1, 0.15) is 0 Å². The first kappa shape index (κ1) is 13.3. The molecule has 0 amide bonds. The Balaban J connectivity index is 2.62. The molecular formula is C10H4Br5N. The summed E-state index contributed by atoms with van der Waals surface area (Å²) in [5.41, 5.74) is 2.13. The van der Waals surface area contributed by atoms with Gasteiger partial charge < -0.3 is 4.98 Å². The highest BCUT2D eigenvalue weighted by Gasteiger charge is 2.13. The quantitative estimate of drug-likeness (QED) is 0.428. The SMILES string of the molecule is Brc1cc(Br)cc(-c2[nH]c(Br)c(Br)c2Br)c1. The van der Waals surface area contributed by atoms with E-state index in [4.69, 9.17) is 0 Å². The molecule has 16 heavy (non-hydrogen) atoms. The number of benzene rings is 1. The summed E-state index contributed by atoms with van der Waals surface area (Å²) in [4.78, 5) is 3.26. The molecule has 0 atom stereocenters. The first-order valence-corrected chi connectivity index (χ1v) is 8.14. The molecule has 1 nitrogen and oxygen atoms in total. The Kier molecular flexibility index (Phi) is 4.39. The summed E-state index contributed by atoms with van der Waals surface area (Å²) in [7, 11) is 0. The molecule has 0 fully saturated rings. The van der Waals surface area contributed by atoms with Crippen LogP contribution in [0.4, 0.5) is 0 Å². The Bertz CT molecular complexity index is 526. The molecule has 0 bridgehead atoms. The van der Waals surface area contributed by atoms with Gasteiger partial charge >= 0.3 is 0 Å². The third-order valence-electron chi connectivity index (χ3n) is 1.99. The molecule has 0 saturated carbocycles. The van der Waals surface area contributed by atoms with E-state index in [-0.39, 0.29) is 0 Å². The molecule has 0 spiro atoms. The lowest BCUT2D eigenvalue weighted by Crippen LogP contribution is -1.79. The van der Waals surface area contributed by atoms with Crippen LogP contribution in [0.3, 0.4) is 0 Å². The molecule has 1 aromatic carbocycles. The second-order valence-corrected chi connectivity index (χ2v) is 7.31. The molecule has 0 aliphatic rings. The van der Waals surface area contributed by atoms with Gasteiger partial charge in [0, 0.05) is 14.5 Å². The predicted octanol–water partition coefficient (Wildman–Crippen LogP) is 6.49. The molecule has 0 aliphatic heterocycles. The number of aromatic nitrogens is 1. The second kappa shape index (κ2) is 5.26. The molecule has 1 aromatic heterocycles.